The third-order valence-corrected chi connectivity index (χ3v) is 7.77. The first-order valence-corrected chi connectivity index (χ1v) is 13.7. The standard InChI is InChI=1S/C39H29N/c1-27-12-11-16-30(24-27)31-20-22-35-36-23-21-32(26-38(36)40(37(35)25-31)33-17-7-4-8-18-33)39(29-14-5-3-6-15-29)34-19-10-9-13-28(34)2/h3-26H,2H2,1H3/b39-34-. The maximum absolute atomic E-state index is 4.37. The van der Waals surface area contributed by atoms with Gasteiger partial charge >= 0.3 is 0 Å². The van der Waals surface area contributed by atoms with Crippen molar-refractivity contribution in [3.63, 3.8) is 0 Å². The van der Waals surface area contributed by atoms with Crippen molar-refractivity contribution in [2.24, 2.45) is 0 Å². The van der Waals surface area contributed by atoms with Gasteiger partial charge in [-0.1, -0.05) is 133 Å². The van der Waals surface area contributed by atoms with E-state index in [1.165, 1.54) is 55.2 Å². The van der Waals surface area contributed by atoms with Crippen LogP contribution >= 0.6 is 0 Å². The Morgan fingerprint density at radius 1 is 0.525 bits per heavy atom. The van der Waals surface area contributed by atoms with Crippen LogP contribution in [0.4, 0.5) is 0 Å². The van der Waals surface area contributed by atoms with Crippen molar-refractivity contribution >= 4 is 34.0 Å². The van der Waals surface area contributed by atoms with Crippen molar-refractivity contribution < 1.29 is 0 Å². The van der Waals surface area contributed by atoms with Crippen LogP contribution in [0, 0.1) is 6.92 Å². The molecule has 0 fully saturated rings. The Labute approximate surface area is 234 Å². The van der Waals surface area contributed by atoms with E-state index in [9.17, 15) is 0 Å². The van der Waals surface area contributed by atoms with Crippen LogP contribution in [0.1, 0.15) is 16.7 Å². The summed E-state index contributed by atoms with van der Waals surface area (Å²) in [7, 11) is 0. The van der Waals surface area contributed by atoms with Crippen LogP contribution in [0.15, 0.2) is 146 Å². The molecule has 190 valence electrons. The lowest BCUT2D eigenvalue weighted by atomic mass is 9.94. The molecule has 0 aliphatic carbocycles. The molecular formula is C39H29N. The van der Waals surface area contributed by atoms with Crippen molar-refractivity contribution in [3.05, 3.63) is 173 Å². The molecule has 40 heavy (non-hydrogen) atoms. The molecule has 0 atom stereocenters. The van der Waals surface area contributed by atoms with Crippen LogP contribution in [0.5, 0.6) is 0 Å². The van der Waals surface area contributed by atoms with Gasteiger partial charge in [-0.05, 0) is 69.5 Å². The van der Waals surface area contributed by atoms with Gasteiger partial charge in [0.25, 0.3) is 0 Å². The van der Waals surface area contributed by atoms with E-state index in [1.54, 1.807) is 0 Å². The van der Waals surface area contributed by atoms with Crippen molar-refractivity contribution in [2.45, 2.75) is 6.92 Å². The van der Waals surface area contributed by atoms with E-state index in [2.05, 4.69) is 164 Å². The van der Waals surface area contributed by atoms with E-state index in [0.717, 1.165) is 16.1 Å². The average Bonchev–Trinajstić information content (AvgIpc) is 3.32. The summed E-state index contributed by atoms with van der Waals surface area (Å²) in [5.41, 5.74) is 10.8. The molecule has 0 aliphatic heterocycles. The summed E-state index contributed by atoms with van der Waals surface area (Å²) < 4.78 is 2.41. The fourth-order valence-electron chi connectivity index (χ4n) is 5.88. The molecule has 1 heteroatoms. The Kier molecular flexibility index (Phi) is 5.91. The zero-order valence-corrected chi connectivity index (χ0v) is 22.5. The Morgan fingerprint density at radius 3 is 1.93 bits per heavy atom. The lowest BCUT2D eigenvalue weighted by molar-refractivity contribution is 1.18. The molecule has 6 aromatic carbocycles. The molecule has 1 aromatic heterocycles. The maximum atomic E-state index is 4.37. The van der Waals surface area contributed by atoms with E-state index in [0.29, 0.717) is 0 Å². The molecule has 0 saturated heterocycles. The smallest absolute Gasteiger partial charge is 0.0547 e. The van der Waals surface area contributed by atoms with Gasteiger partial charge in [0.2, 0.25) is 0 Å². The minimum absolute atomic E-state index is 1.02. The second-order valence-electron chi connectivity index (χ2n) is 10.4. The van der Waals surface area contributed by atoms with E-state index in [-0.39, 0.29) is 0 Å². The number of para-hydroxylation sites is 1. The van der Waals surface area contributed by atoms with Gasteiger partial charge in [0.1, 0.15) is 0 Å². The lowest BCUT2D eigenvalue weighted by Gasteiger charge is -2.12. The molecule has 0 amide bonds. The van der Waals surface area contributed by atoms with E-state index >= 15 is 0 Å². The Morgan fingerprint density at radius 2 is 1.18 bits per heavy atom. The van der Waals surface area contributed by atoms with Gasteiger partial charge in [-0.15, -0.1) is 0 Å². The normalized spacial score (nSPS) is 12.1. The number of rotatable bonds is 4. The summed E-state index contributed by atoms with van der Waals surface area (Å²) in [6.45, 7) is 6.52. The van der Waals surface area contributed by atoms with Gasteiger partial charge in [0, 0.05) is 16.5 Å². The first kappa shape index (κ1) is 23.9. The minimum atomic E-state index is 1.02. The highest BCUT2D eigenvalue weighted by Crippen LogP contribution is 2.36. The molecular weight excluding hydrogens is 482 g/mol. The summed E-state index contributed by atoms with van der Waals surface area (Å²) >= 11 is 0. The van der Waals surface area contributed by atoms with Crippen molar-refractivity contribution in [3.8, 4) is 16.8 Å². The molecule has 0 saturated carbocycles. The number of aromatic nitrogens is 1. The fraction of sp³-hybridized carbons (Fsp3) is 0.0256. The van der Waals surface area contributed by atoms with Crippen LogP contribution in [0.3, 0.4) is 0 Å². The predicted octanol–water partition coefficient (Wildman–Crippen LogP) is 8.42. The summed E-state index contributed by atoms with van der Waals surface area (Å²) in [4.78, 5) is 0. The Balaban J connectivity index is 1.56. The topological polar surface area (TPSA) is 4.93 Å². The molecule has 0 aliphatic rings. The van der Waals surface area contributed by atoms with Crippen LogP contribution in [0.25, 0.3) is 50.8 Å². The second kappa shape index (κ2) is 9.87. The van der Waals surface area contributed by atoms with Crippen molar-refractivity contribution in [1.29, 1.82) is 0 Å². The predicted molar refractivity (Wildman–Crippen MR) is 170 cm³/mol. The molecule has 0 spiro atoms. The number of fused-ring (bicyclic) bond motifs is 3. The number of nitrogens with zero attached hydrogens (tertiary/aromatic N) is 1. The number of aryl methyl sites for hydroxylation is 1. The third-order valence-electron chi connectivity index (χ3n) is 7.77. The first-order chi connectivity index (χ1) is 19.7. The molecule has 7 rings (SSSR count). The summed E-state index contributed by atoms with van der Waals surface area (Å²) in [6, 6.07) is 52.3. The molecule has 0 N–H and O–H groups in total. The summed E-state index contributed by atoms with van der Waals surface area (Å²) in [6.07, 6.45) is 0. The number of benzene rings is 6. The molecule has 0 unspecified atom stereocenters. The lowest BCUT2D eigenvalue weighted by Crippen LogP contribution is -2.25. The second-order valence-corrected chi connectivity index (χ2v) is 10.4. The monoisotopic (exact) mass is 511 g/mol. The highest BCUT2D eigenvalue weighted by Gasteiger charge is 2.16. The van der Waals surface area contributed by atoms with Crippen LogP contribution < -0.4 is 10.4 Å². The highest BCUT2D eigenvalue weighted by molar-refractivity contribution is 6.11. The fourth-order valence-corrected chi connectivity index (χ4v) is 5.88. The average molecular weight is 512 g/mol. The van der Waals surface area contributed by atoms with Gasteiger partial charge in [-0.2, -0.15) is 0 Å². The summed E-state index contributed by atoms with van der Waals surface area (Å²) in [5.74, 6) is 0. The SMILES string of the molecule is C=c1cccc/c1=C(\c1ccccc1)c1ccc2c3ccc(-c4cccc(C)c4)cc3n(-c3ccccc3)c2c1. The molecule has 1 heterocycles. The van der Waals surface area contributed by atoms with Gasteiger partial charge in [0.15, 0.2) is 0 Å². The maximum Gasteiger partial charge on any atom is 0.0547 e. The number of hydrogen-bond acceptors (Lipinski definition) is 0. The number of hydrogen-bond donors (Lipinski definition) is 0. The molecule has 0 bridgehead atoms. The van der Waals surface area contributed by atoms with E-state index < -0.39 is 0 Å². The van der Waals surface area contributed by atoms with E-state index in [1.807, 2.05) is 0 Å². The molecule has 0 radical (unpaired) electrons. The van der Waals surface area contributed by atoms with Gasteiger partial charge in [-0.25, -0.2) is 0 Å². The first-order valence-electron chi connectivity index (χ1n) is 13.7. The van der Waals surface area contributed by atoms with Crippen LogP contribution in [-0.4, -0.2) is 4.57 Å². The minimum Gasteiger partial charge on any atom is -0.309 e. The third kappa shape index (κ3) is 4.13. The summed E-state index contributed by atoms with van der Waals surface area (Å²) in [5, 5.41) is 4.67. The molecule has 1 nitrogen and oxygen atoms in total. The van der Waals surface area contributed by atoms with Crippen LogP contribution in [-0.2, 0) is 0 Å². The van der Waals surface area contributed by atoms with Crippen molar-refractivity contribution in [2.75, 3.05) is 0 Å². The van der Waals surface area contributed by atoms with Gasteiger partial charge < -0.3 is 4.57 Å². The Hall–Kier alpha value is -5.14. The zero-order valence-electron chi connectivity index (χ0n) is 22.5. The van der Waals surface area contributed by atoms with Crippen LogP contribution in [0.2, 0.25) is 0 Å². The van der Waals surface area contributed by atoms with Gasteiger partial charge in [-0.3, -0.25) is 0 Å². The Bertz CT molecular complexity index is 2120. The van der Waals surface area contributed by atoms with Crippen molar-refractivity contribution in [1.82, 2.24) is 4.57 Å². The molecule has 7 aromatic rings. The quantitative estimate of drug-likeness (QED) is 0.224. The highest BCUT2D eigenvalue weighted by atomic mass is 15.0. The largest absolute Gasteiger partial charge is 0.309 e. The van der Waals surface area contributed by atoms with E-state index in [4.69, 9.17) is 0 Å². The zero-order chi connectivity index (χ0) is 27.1. The van der Waals surface area contributed by atoms with Gasteiger partial charge in [0.05, 0.1) is 11.0 Å².